The predicted molar refractivity (Wildman–Crippen MR) is 34.0 cm³/mol. The van der Waals surface area contributed by atoms with Gasteiger partial charge in [-0.15, -0.1) is 0 Å². The fraction of sp³-hybridized carbons (Fsp3) is 0.600. The summed E-state index contributed by atoms with van der Waals surface area (Å²) in [7, 11) is 0. The van der Waals surface area contributed by atoms with Crippen LogP contribution in [0.5, 0.6) is 0 Å². The number of rotatable bonds is 2. The molecule has 0 N–H and O–H groups in total. The molecule has 0 radical (unpaired) electrons. The fourth-order valence-corrected chi connectivity index (χ4v) is 0.630. The van der Waals surface area contributed by atoms with Gasteiger partial charge in [-0.3, -0.25) is 0 Å². The summed E-state index contributed by atoms with van der Waals surface area (Å²) in [5.74, 6) is -13.6. The molecule has 0 saturated heterocycles. The monoisotopic (exact) mass is 274 g/mol. The predicted octanol–water partition coefficient (Wildman–Crippen LogP) is -0.597. The number of hydrogen-bond acceptors (Lipinski definition) is 2. The molecule has 12 heteroatoms. The van der Waals surface area contributed by atoms with E-state index in [0.717, 1.165) is 0 Å². The molecular formula is C5BF8N2Na. The van der Waals surface area contributed by atoms with E-state index in [1.165, 1.54) is 0 Å². The van der Waals surface area contributed by atoms with Crippen LogP contribution >= 0.6 is 0 Å². The van der Waals surface area contributed by atoms with E-state index in [9.17, 15) is 35.0 Å². The van der Waals surface area contributed by atoms with E-state index in [1.54, 1.807) is 0 Å². The molecule has 0 saturated carbocycles. The van der Waals surface area contributed by atoms with Gasteiger partial charge in [0.25, 0.3) is 5.82 Å². The van der Waals surface area contributed by atoms with E-state index in [1.807, 2.05) is 0 Å². The van der Waals surface area contributed by atoms with Crippen molar-refractivity contribution in [2.45, 2.75) is 17.9 Å². The van der Waals surface area contributed by atoms with E-state index < -0.39 is 24.3 Å². The largest absolute Gasteiger partial charge is 1.00 e. The Balaban J connectivity index is 0. The van der Waals surface area contributed by atoms with Gasteiger partial charge >= 0.3 is 48.1 Å². The van der Waals surface area contributed by atoms with Crippen molar-refractivity contribution in [2.75, 3.05) is 0 Å². The van der Waals surface area contributed by atoms with Gasteiger partial charge in [-0.05, 0) is 0 Å². The van der Waals surface area contributed by atoms with Crippen LogP contribution in [0.1, 0.15) is 0 Å². The van der Waals surface area contributed by atoms with Gasteiger partial charge in [0.15, 0.2) is 0 Å². The second kappa shape index (κ2) is 5.00. The maximum absolute atomic E-state index is 12.7. The Morgan fingerprint density at radius 2 is 1.12 bits per heavy atom. The Kier molecular flexibility index (Phi) is 5.54. The minimum absolute atomic E-state index is 0. The smallest absolute Gasteiger partial charge is 0.476 e. The SMILES string of the molecule is N#C[B-](F)(C#N)C(F)(F)C(F)(F)C(F)(F)F.[Na+]. The summed E-state index contributed by atoms with van der Waals surface area (Å²) < 4.78 is 96.6. The first-order chi connectivity index (χ1) is 6.87. The van der Waals surface area contributed by atoms with Crippen LogP contribution in [0.25, 0.3) is 0 Å². The van der Waals surface area contributed by atoms with Crippen molar-refractivity contribution in [3.63, 3.8) is 0 Å². The molecule has 0 rings (SSSR count). The van der Waals surface area contributed by atoms with E-state index >= 15 is 0 Å². The number of hydrogen-bond donors (Lipinski definition) is 0. The average molecular weight is 274 g/mol. The zero-order valence-electron chi connectivity index (χ0n) is 8.00. The molecule has 90 valence electrons. The first kappa shape index (κ1) is 18.8. The quantitative estimate of drug-likeness (QED) is 0.499. The molecule has 17 heavy (non-hydrogen) atoms. The zero-order chi connectivity index (χ0) is 13.4. The van der Waals surface area contributed by atoms with Crippen molar-refractivity contribution < 1.29 is 64.6 Å². The van der Waals surface area contributed by atoms with Gasteiger partial charge in [-0.1, -0.05) is 11.9 Å². The Bertz CT molecular complexity index is 352. The van der Waals surface area contributed by atoms with Crippen molar-refractivity contribution >= 4 is 6.42 Å². The maximum atomic E-state index is 12.7. The van der Waals surface area contributed by atoms with Gasteiger partial charge in [0.2, 0.25) is 0 Å². The third kappa shape index (κ3) is 2.67. The third-order valence-corrected chi connectivity index (χ3v) is 1.63. The molecule has 0 aromatic rings. The van der Waals surface area contributed by atoms with Gasteiger partial charge in [-0.25, -0.2) is 19.3 Å². The molecule has 0 atom stereocenters. The first-order valence-corrected chi connectivity index (χ1v) is 3.35. The van der Waals surface area contributed by atoms with Gasteiger partial charge in [0, 0.05) is 0 Å². The summed E-state index contributed by atoms with van der Waals surface area (Å²) in [6, 6.07) is 0. The van der Waals surface area contributed by atoms with Crippen LogP contribution in [0.15, 0.2) is 0 Å². The van der Waals surface area contributed by atoms with Crippen molar-refractivity contribution in [2.24, 2.45) is 0 Å². The van der Waals surface area contributed by atoms with Crippen LogP contribution in [-0.4, -0.2) is 24.3 Å². The van der Waals surface area contributed by atoms with Gasteiger partial charge in [0.05, 0.1) is 0 Å². The average Bonchev–Trinajstić information content (AvgIpc) is 2.14. The topological polar surface area (TPSA) is 47.6 Å². The molecule has 0 aliphatic heterocycles. The van der Waals surface area contributed by atoms with Crippen molar-refractivity contribution in [3.05, 3.63) is 0 Å². The summed E-state index contributed by atoms with van der Waals surface area (Å²) in [6.07, 6.45) is -12.8. The van der Waals surface area contributed by atoms with Crippen LogP contribution in [-0.2, 0) is 0 Å². The Labute approximate surface area is 111 Å². The normalized spacial score (nSPS) is 13.3. The fourth-order valence-electron chi connectivity index (χ4n) is 0.630. The van der Waals surface area contributed by atoms with Crippen LogP contribution in [0.3, 0.4) is 0 Å². The van der Waals surface area contributed by atoms with Gasteiger partial charge < -0.3 is 4.32 Å². The summed E-state index contributed by atoms with van der Waals surface area (Å²) in [6.45, 7) is 0. The van der Waals surface area contributed by atoms with Crippen molar-refractivity contribution in [1.82, 2.24) is 0 Å². The minimum atomic E-state index is -6.81. The van der Waals surface area contributed by atoms with Crippen LogP contribution in [0.4, 0.5) is 35.0 Å². The summed E-state index contributed by atoms with van der Waals surface area (Å²) >= 11 is 0. The molecule has 0 fully saturated rings. The second-order valence-electron chi connectivity index (χ2n) is 2.71. The molecule has 0 amide bonds. The summed E-state index contributed by atoms with van der Waals surface area (Å²) in [4.78, 5) is 0. The molecule has 0 bridgehead atoms. The van der Waals surface area contributed by atoms with E-state index in [2.05, 4.69) is 0 Å². The first-order valence-electron chi connectivity index (χ1n) is 3.35. The molecule has 0 aromatic heterocycles. The zero-order valence-corrected chi connectivity index (χ0v) is 10.00. The molecule has 0 heterocycles. The number of nitrogens with zero attached hydrogens (tertiary/aromatic N) is 2. The molecule has 2 nitrogen and oxygen atoms in total. The Morgan fingerprint density at radius 1 is 0.824 bits per heavy atom. The minimum Gasteiger partial charge on any atom is -0.476 e. The standard InChI is InChI=1S/C5BF8N2.Na/c7-3(8,5(11,12)13)4(9,10)6(14,1-15)2-16;/q-1;+1. The number of alkyl halides is 7. The Morgan fingerprint density at radius 3 is 1.29 bits per heavy atom. The number of nitriles is 2. The maximum Gasteiger partial charge on any atom is 1.00 e. The van der Waals surface area contributed by atoms with Crippen molar-refractivity contribution in [1.29, 1.82) is 10.5 Å². The van der Waals surface area contributed by atoms with Gasteiger partial charge in [-0.2, -0.15) is 22.0 Å². The van der Waals surface area contributed by atoms with Gasteiger partial charge in [0.1, 0.15) is 0 Å². The van der Waals surface area contributed by atoms with Crippen LogP contribution < -0.4 is 29.6 Å². The molecule has 0 aliphatic carbocycles. The molecule has 0 spiro atoms. The molecule has 0 unspecified atom stereocenters. The molecule has 0 aliphatic rings. The third-order valence-electron chi connectivity index (χ3n) is 1.63. The van der Waals surface area contributed by atoms with Crippen LogP contribution in [0.2, 0.25) is 0 Å². The Hall–Kier alpha value is -0.515. The molecule has 0 aromatic carbocycles. The van der Waals surface area contributed by atoms with E-state index in [4.69, 9.17) is 10.5 Å². The van der Waals surface area contributed by atoms with Crippen molar-refractivity contribution in [3.8, 4) is 11.9 Å². The van der Waals surface area contributed by atoms with E-state index in [0.29, 0.717) is 0 Å². The second-order valence-corrected chi connectivity index (χ2v) is 2.71. The summed E-state index contributed by atoms with van der Waals surface area (Å²) in [5.41, 5.74) is 0. The summed E-state index contributed by atoms with van der Waals surface area (Å²) in [5, 5.41) is 15.5. The number of halogens is 8. The van der Waals surface area contributed by atoms with Crippen LogP contribution in [0, 0.1) is 22.5 Å². The molecular weight excluding hydrogens is 274 g/mol. The van der Waals surface area contributed by atoms with E-state index in [-0.39, 0.29) is 41.5 Å².